The summed E-state index contributed by atoms with van der Waals surface area (Å²) in [7, 11) is 1.45. The second kappa shape index (κ2) is 4.66. The Balaban J connectivity index is 2.16. The highest BCUT2D eigenvalue weighted by atomic mass is 32.1. The fourth-order valence-corrected chi connectivity index (χ4v) is 2.92. The summed E-state index contributed by atoms with van der Waals surface area (Å²) in [5.74, 6) is 0. The Hall–Kier alpha value is -1.03. The number of thiophene rings is 1. The van der Waals surface area contributed by atoms with Gasteiger partial charge in [0.15, 0.2) is 0 Å². The van der Waals surface area contributed by atoms with Gasteiger partial charge in [0, 0.05) is 11.4 Å². The molecule has 0 aliphatic carbocycles. The summed E-state index contributed by atoms with van der Waals surface area (Å²) in [5.41, 5.74) is 0. The molecule has 1 aliphatic heterocycles. The molecular weight excluding hydrogens is 210 g/mol. The summed E-state index contributed by atoms with van der Waals surface area (Å²) in [5, 5.41) is 2.05. The molecule has 1 aromatic rings. The van der Waals surface area contributed by atoms with Gasteiger partial charge < -0.3 is 9.64 Å². The highest BCUT2D eigenvalue weighted by Crippen LogP contribution is 2.33. The number of hydrogen-bond acceptors (Lipinski definition) is 3. The van der Waals surface area contributed by atoms with Gasteiger partial charge in [0.1, 0.15) is 0 Å². The molecule has 1 saturated heterocycles. The lowest BCUT2D eigenvalue weighted by Gasteiger charge is -2.33. The van der Waals surface area contributed by atoms with Crippen LogP contribution in [0, 0.1) is 0 Å². The van der Waals surface area contributed by atoms with Crippen molar-refractivity contribution in [3.63, 3.8) is 0 Å². The van der Waals surface area contributed by atoms with Crippen LogP contribution in [0.4, 0.5) is 4.79 Å². The fraction of sp³-hybridized carbons (Fsp3) is 0.545. The van der Waals surface area contributed by atoms with Crippen LogP contribution in [0.2, 0.25) is 0 Å². The molecule has 2 heterocycles. The monoisotopic (exact) mass is 225 g/mol. The molecule has 1 aromatic heterocycles. The molecule has 82 valence electrons. The van der Waals surface area contributed by atoms with Crippen LogP contribution in [0.15, 0.2) is 17.5 Å². The smallest absolute Gasteiger partial charge is 0.410 e. The van der Waals surface area contributed by atoms with E-state index in [2.05, 4.69) is 11.4 Å². The molecule has 1 unspecified atom stereocenters. The Morgan fingerprint density at radius 1 is 1.60 bits per heavy atom. The summed E-state index contributed by atoms with van der Waals surface area (Å²) < 4.78 is 4.81. The summed E-state index contributed by atoms with van der Waals surface area (Å²) in [4.78, 5) is 14.7. The average molecular weight is 225 g/mol. The van der Waals surface area contributed by atoms with Crippen LogP contribution >= 0.6 is 11.3 Å². The van der Waals surface area contributed by atoms with Gasteiger partial charge in [-0.25, -0.2) is 4.79 Å². The molecule has 1 atom stereocenters. The third-order valence-electron chi connectivity index (χ3n) is 2.78. The molecule has 1 amide bonds. The molecule has 4 heteroatoms. The van der Waals surface area contributed by atoms with Crippen molar-refractivity contribution in [1.29, 1.82) is 0 Å². The highest BCUT2D eigenvalue weighted by Gasteiger charge is 2.28. The SMILES string of the molecule is COC(=O)N1CCCCC1c1cccs1. The van der Waals surface area contributed by atoms with E-state index >= 15 is 0 Å². The highest BCUT2D eigenvalue weighted by molar-refractivity contribution is 7.10. The van der Waals surface area contributed by atoms with E-state index in [1.165, 1.54) is 18.4 Å². The van der Waals surface area contributed by atoms with E-state index in [-0.39, 0.29) is 12.1 Å². The van der Waals surface area contributed by atoms with Crippen molar-refractivity contribution in [3.05, 3.63) is 22.4 Å². The van der Waals surface area contributed by atoms with Crippen molar-refractivity contribution in [2.24, 2.45) is 0 Å². The molecule has 0 radical (unpaired) electrons. The first kappa shape index (κ1) is 10.5. The zero-order chi connectivity index (χ0) is 10.7. The zero-order valence-corrected chi connectivity index (χ0v) is 9.63. The van der Waals surface area contributed by atoms with Gasteiger partial charge in [-0.1, -0.05) is 6.07 Å². The van der Waals surface area contributed by atoms with Crippen LogP contribution in [-0.4, -0.2) is 24.6 Å². The number of rotatable bonds is 1. The van der Waals surface area contributed by atoms with Crippen LogP contribution in [0.3, 0.4) is 0 Å². The van der Waals surface area contributed by atoms with Crippen LogP contribution in [0.25, 0.3) is 0 Å². The van der Waals surface area contributed by atoms with E-state index in [4.69, 9.17) is 4.74 Å². The van der Waals surface area contributed by atoms with E-state index in [1.807, 2.05) is 11.0 Å². The first-order valence-corrected chi connectivity index (χ1v) is 6.09. The topological polar surface area (TPSA) is 29.5 Å². The van der Waals surface area contributed by atoms with Crippen LogP contribution in [0.1, 0.15) is 30.2 Å². The minimum atomic E-state index is -0.201. The van der Waals surface area contributed by atoms with Gasteiger partial charge in [-0.05, 0) is 30.7 Å². The quantitative estimate of drug-likeness (QED) is 0.735. The zero-order valence-electron chi connectivity index (χ0n) is 8.81. The number of carbonyl (C=O) groups excluding carboxylic acids is 1. The van der Waals surface area contributed by atoms with E-state index in [9.17, 15) is 4.79 Å². The summed E-state index contributed by atoms with van der Waals surface area (Å²) >= 11 is 1.71. The molecule has 0 aromatic carbocycles. The lowest BCUT2D eigenvalue weighted by molar-refractivity contribution is 0.0904. The Kier molecular flexibility index (Phi) is 3.26. The van der Waals surface area contributed by atoms with E-state index in [0.717, 1.165) is 19.4 Å². The number of nitrogens with zero attached hydrogens (tertiary/aromatic N) is 1. The Morgan fingerprint density at radius 3 is 3.13 bits per heavy atom. The van der Waals surface area contributed by atoms with Gasteiger partial charge in [0.25, 0.3) is 0 Å². The van der Waals surface area contributed by atoms with Gasteiger partial charge in [-0.3, -0.25) is 0 Å². The molecule has 3 nitrogen and oxygen atoms in total. The molecule has 1 fully saturated rings. The predicted molar refractivity (Wildman–Crippen MR) is 60.0 cm³/mol. The molecule has 0 spiro atoms. The van der Waals surface area contributed by atoms with Crippen molar-refractivity contribution in [1.82, 2.24) is 4.90 Å². The van der Waals surface area contributed by atoms with Crippen LogP contribution in [0.5, 0.6) is 0 Å². The van der Waals surface area contributed by atoms with Crippen molar-refractivity contribution in [2.45, 2.75) is 25.3 Å². The van der Waals surface area contributed by atoms with Crippen molar-refractivity contribution < 1.29 is 9.53 Å². The van der Waals surface area contributed by atoms with Gasteiger partial charge in [0.2, 0.25) is 0 Å². The second-order valence-electron chi connectivity index (χ2n) is 3.69. The minimum absolute atomic E-state index is 0.201. The lowest BCUT2D eigenvalue weighted by Crippen LogP contribution is -2.38. The third kappa shape index (κ3) is 2.15. The molecule has 0 saturated carbocycles. The Morgan fingerprint density at radius 2 is 2.47 bits per heavy atom. The predicted octanol–water partition coefficient (Wildman–Crippen LogP) is 3.04. The van der Waals surface area contributed by atoms with Gasteiger partial charge in [0.05, 0.1) is 13.2 Å². The minimum Gasteiger partial charge on any atom is -0.453 e. The number of hydrogen-bond donors (Lipinski definition) is 0. The number of amides is 1. The maximum atomic E-state index is 11.6. The van der Waals surface area contributed by atoms with Gasteiger partial charge >= 0.3 is 6.09 Å². The first-order chi connectivity index (χ1) is 7.33. The van der Waals surface area contributed by atoms with Crippen LogP contribution in [-0.2, 0) is 4.74 Å². The number of methoxy groups -OCH3 is 1. The summed E-state index contributed by atoms with van der Waals surface area (Å²) in [6.45, 7) is 0.815. The standard InChI is InChI=1S/C11H15NO2S/c1-14-11(13)12-7-3-2-5-9(12)10-6-4-8-15-10/h4,6,8-9H,2-3,5,7H2,1H3. The van der Waals surface area contributed by atoms with E-state index < -0.39 is 0 Å². The number of ether oxygens (including phenoxy) is 1. The fourth-order valence-electron chi connectivity index (χ4n) is 2.04. The summed E-state index contributed by atoms with van der Waals surface area (Å²) in [6.07, 6.45) is 3.12. The van der Waals surface area contributed by atoms with Crippen LogP contribution < -0.4 is 0 Å². The number of piperidine rings is 1. The molecule has 2 rings (SSSR count). The first-order valence-electron chi connectivity index (χ1n) is 5.21. The van der Waals surface area contributed by atoms with E-state index in [0.29, 0.717) is 0 Å². The van der Waals surface area contributed by atoms with Crippen molar-refractivity contribution >= 4 is 17.4 Å². The van der Waals surface area contributed by atoms with E-state index in [1.54, 1.807) is 11.3 Å². The Labute approximate surface area is 93.7 Å². The molecule has 15 heavy (non-hydrogen) atoms. The van der Waals surface area contributed by atoms with Gasteiger partial charge in [-0.15, -0.1) is 11.3 Å². The molecule has 0 N–H and O–H groups in total. The number of likely N-dealkylation sites (tertiary alicyclic amines) is 1. The number of carbonyl (C=O) groups is 1. The Bertz CT molecular complexity index is 323. The lowest BCUT2D eigenvalue weighted by atomic mass is 10.0. The molecule has 0 bridgehead atoms. The van der Waals surface area contributed by atoms with Crippen molar-refractivity contribution in [3.8, 4) is 0 Å². The normalized spacial score (nSPS) is 21.4. The maximum absolute atomic E-state index is 11.6. The second-order valence-corrected chi connectivity index (χ2v) is 4.67. The molecule has 1 aliphatic rings. The largest absolute Gasteiger partial charge is 0.453 e. The van der Waals surface area contributed by atoms with Gasteiger partial charge in [-0.2, -0.15) is 0 Å². The maximum Gasteiger partial charge on any atom is 0.410 e. The van der Waals surface area contributed by atoms with Crippen molar-refractivity contribution in [2.75, 3.05) is 13.7 Å². The summed E-state index contributed by atoms with van der Waals surface area (Å²) in [6, 6.07) is 4.35. The third-order valence-corrected chi connectivity index (χ3v) is 3.76. The molecular formula is C11H15NO2S. The average Bonchev–Trinajstić information content (AvgIpc) is 2.81.